The Morgan fingerprint density at radius 3 is 2.55 bits per heavy atom. The van der Waals surface area contributed by atoms with E-state index in [4.69, 9.17) is 4.84 Å². The maximum Gasteiger partial charge on any atom is 0.331 e. The number of fused-ring (bicyclic) bond motifs is 1. The third-order valence-electron chi connectivity index (χ3n) is 6.00. The van der Waals surface area contributed by atoms with Crippen molar-refractivity contribution in [2.75, 3.05) is 13.2 Å². The average Bonchev–Trinajstić information content (AvgIpc) is 3.45. The highest BCUT2D eigenvalue weighted by Crippen LogP contribution is 2.40. The van der Waals surface area contributed by atoms with E-state index in [1.54, 1.807) is 4.57 Å². The van der Waals surface area contributed by atoms with Gasteiger partial charge in [0.15, 0.2) is 0 Å². The molecule has 2 atom stereocenters. The van der Waals surface area contributed by atoms with E-state index in [0.717, 1.165) is 26.6 Å². The summed E-state index contributed by atoms with van der Waals surface area (Å²) < 4.78 is 2.63. The Kier molecular flexibility index (Phi) is 6.06. The third kappa shape index (κ3) is 3.83. The monoisotopic (exact) mass is 475 g/mol. The van der Waals surface area contributed by atoms with E-state index in [0.29, 0.717) is 16.3 Å². The van der Waals surface area contributed by atoms with Crippen LogP contribution in [-0.2, 0) is 18.4 Å². The predicted octanol–water partition coefficient (Wildman–Crippen LogP) is 1.66. The highest BCUT2D eigenvalue weighted by atomic mass is 32.1. The number of nitrogens with zero attached hydrogens (tertiary/aromatic N) is 4. The van der Waals surface area contributed by atoms with Gasteiger partial charge in [-0.25, -0.2) is 9.86 Å². The van der Waals surface area contributed by atoms with E-state index in [1.807, 2.05) is 34.6 Å². The van der Waals surface area contributed by atoms with Crippen molar-refractivity contribution in [3.8, 4) is 0 Å². The van der Waals surface area contributed by atoms with Gasteiger partial charge in [0.05, 0.1) is 23.2 Å². The van der Waals surface area contributed by atoms with E-state index in [-0.39, 0.29) is 35.9 Å². The standard InChI is InChI=1S/C22H29N5O5S/c1-10(2)7-26-21-17(19(29)25(6)22(26)31)16(20(30)27-8-14(28)9-32-27)18(33-21)11(3)15-12(4)23-24-13(15)5/h10-11,14,28H,7-9H2,1-6H3,(H,23,24)/t11?,14-/m0/s1. The van der Waals surface area contributed by atoms with Crippen LogP contribution in [0.25, 0.3) is 10.2 Å². The van der Waals surface area contributed by atoms with Gasteiger partial charge >= 0.3 is 5.69 Å². The molecule has 4 rings (SSSR count). The number of aromatic nitrogens is 4. The van der Waals surface area contributed by atoms with Crippen molar-refractivity contribution in [1.29, 1.82) is 0 Å². The summed E-state index contributed by atoms with van der Waals surface area (Å²) in [5, 5.41) is 18.5. The molecule has 0 saturated carbocycles. The van der Waals surface area contributed by atoms with Gasteiger partial charge in [-0.3, -0.25) is 28.7 Å². The van der Waals surface area contributed by atoms with Crippen molar-refractivity contribution in [1.82, 2.24) is 24.4 Å². The molecule has 1 saturated heterocycles. The summed E-state index contributed by atoms with van der Waals surface area (Å²) in [6.45, 7) is 10.2. The molecule has 11 heteroatoms. The minimum Gasteiger partial charge on any atom is -0.389 e. The second kappa shape index (κ2) is 8.54. The molecular formula is C22H29N5O5S. The number of aliphatic hydroxyl groups is 1. The van der Waals surface area contributed by atoms with Crippen LogP contribution >= 0.6 is 11.3 Å². The summed E-state index contributed by atoms with van der Waals surface area (Å²) in [7, 11) is 1.43. The molecule has 0 radical (unpaired) electrons. The van der Waals surface area contributed by atoms with Crippen LogP contribution in [0.3, 0.4) is 0 Å². The van der Waals surface area contributed by atoms with Gasteiger partial charge in [-0.1, -0.05) is 20.8 Å². The predicted molar refractivity (Wildman–Crippen MR) is 125 cm³/mol. The van der Waals surface area contributed by atoms with Gasteiger partial charge in [-0.2, -0.15) is 5.10 Å². The molecule has 10 nitrogen and oxygen atoms in total. The Morgan fingerprint density at radius 1 is 1.30 bits per heavy atom. The fourth-order valence-corrected chi connectivity index (χ4v) is 5.81. The first kappa shape index (κ1) is 23.4. The van der Waals surface area contributed by atoms with Crippen LogP contribution < -0.4 is 11.2 Å². The highest BCUT2D eigenvalue weighted by Gasteiger charge is 2.35. The fraction of sp³-hybridized carbons (Fsp3) is 0.545. The Morgan fingerprint density at radius 2 is 2.00 bits per heavy atom. The summed E-state index contributed by atoms with van der Waals surface area (Å²) in [6, 6.07) is 0. The maximum atomic E-state index is 13.7. The quantitative estimate of drug-likeness (QED) is 0.579. The van der Waals surface area contributed by atoms with Crippen molar-refractivity contribution in [3.63, 3.8) is 0 Å². The number of rotatable bonds is 5. The van der Waals surface area contributed by atoms with E-state index in [2.05, 4.69) is 10.2 Å². The zero-order chi connectivity index (χ0) is 24.2. The molecule has 1 amide bonds. The number of carbonyl (C=O) groups is 1. The van der Waals surface area contributed by atoms with Gasteiger partial charge in [-0.05, 0) is 19.8 Å². The lowest BCUT2D eigenvalue weighted by Crippen LogP contribution is -2.39. The molecule has 0 spiro atoms. The molecule has 1 fully saturated rings. The van der Waals surface area contributed by atoms with Gasteiger partial charge in [-0.15, -0.1) is 11.3 Å². The number of carbonyl (C=O) groups excluding carboxylic acids is 1. The second-order valence-electron chi connectivity index (χ2n) is 9.06. The van der Waals surface area contributed by atoms with Gasteiger partial charge in [0, 0.05) is 35.6 Å². The molecule has 1 aliphatic rings. The number of nitrogens with one attached hydrogen (secondary N) is 1. The summed E-state index contributed by atoms with van der Waals surface area (Å²) in [6.07, 6.45) is -0.792. The van der Waals surface area contributed by atoms with Crippen molar-refractivity contribution < 1.29 is 14.7 Å². The van der Waals surface area contributed by atoms with Crippen LogP contribution in [0.2, 0.25) is 0 Å². The molecule has 2 N–H and O–H groups in total. The SMILES string of the molecule is Cc1n[nH]c(C)c1C(C)c1sc2c(c1C(=O)N1C[C@H](O)CO1)c(=O)n(C)c(=O)n2CC(C)C. The number of hydrogen-bond donors (Lipinski definition) is 2. The summed E-state index contributed by atoms with van der Waals surface area (Å²) in [4.78, 5) is 46.5. The van der Waals surface area contributed by atoms with Gasteiger partial charge in [0.2, 0.25) is 0 Å². The second-order valence-corrected chi connectivity index (χ2v) is 10.1. The lowest BCUT2D eigenvalue weighted by atomic mass is 9.94. The number of aromatic amines is 1. The number of β-amino-alcohol motifs (C(OH)–C–C–N with tert-alkyl or cyclic N) is 1. The van der Waals surface area contributed by atoms with Gasteiger partial charge < -0.3 is 5.11 Å². The van der Waals surface area contributed by atoms with Crippen LogP contribution in [0.15, 0.2) is 9.59 Å². The molecule has 3 aromatic rings. The lowest BCUT2D eigenvalue weighted by molar-refractivity contribution is -0.0779. The summed E-state index contributed by atoms with van der Waals surface area (Å²) in [5.41, 5.74) is 1.90. The van der Waals surface area contributed by atoms with E-state index in [9.17, 15) is 19.5 Å². The first-order valence-electron chi connectivity index (χ1n) is 10.9. The number of aryl methyl sites for hydroxylation is 2. The zero-order valence-corrected chi connectivity index (χ0v) is 20.4. The van der Waals surface area contributed by atoms with Gasteiger partial charge in [0.1, 0.15) is 17.5 Å². The molecule has 1 unspecified atom stereocenters. The Labute approximate surface area is 194 Å². The Balaban J connectivity index is 2.06. The number of H-pyrrole nitrogens is 1. The molecule has 3 aromatic heterocycles. The van der Waals surface area contributed by atoms with Crippen molar-refractivity contribution in [2.45, 2.75) is 53.2 Å². The molecule has 1 aliphatic heterocycles. The average molecular weight is 476 g/mol. The minimum absolute atomic E-state index is 0.00864. The molecule has 33 heavy (non-hydrogen) atoms. The van der Waals surface area contributed by atoms with Crippen molar-refractivity contribution >= 4 is 27.5 Å². The largest absolute Gasteiger partial charge is 0.389 e. The fourth-order valence-electron chi connectivity index (χ4n) is 4.46. The van der Waals surface area contributed by atoms with E-state index in [1.165, 1.54) is 18.4 Å². The van der Waals surface area contributed by atoms with E-state index < -0.39 is 23.3 Å². The molecule has 178 valence electrons. The Bertz CT molecular complexity index is 1330. The van der Waals surface area contributed by atoms with Crippen molar-refractivity contribution in [3.05, 3.63) is 48.2 Å². The van der Waals surface area contributed by atoms with Crippen LogP contribution in [-0.4, -0.2) is 54.7 Å². The molecule has 0 aliphatic carbocycles. The molecule has 0 bridgehead atoms. The van der Waals surface area contributed by atoms with E-state index >= 15 is 0 Å². The van der Waals surface area contributed by atoms with Crippen LogP contribution in [0.5, 0.6) is 0 Å². The third-order valence-corrected chi connectivity index (χ3v) is 7.39. The van der Waals surface area contributed by atoms with Crippen LogP contribution in [0, 0.1) is 19.8 Å². The topological polar surface area (TPSA) is 122 Å². The normalized spacial score (nSPS) is 17.5. The molecular weight excluding hydrogens is 446 g/mol. The Hall–Kier alpha value is -2.76. The van der Waals surface area contributed by atoms with Crippen LogP contribution in [0.4, 0.5) is 0 Å². The first-order valence-corrected chi connectivity index (χ1v) is 11.7. The molecule has 4 heterocycles. The number of hydrogen-bond acceptors (Lipinski definition) is 7. The smallest absolute Gasteiger partial charge is 0.331 e. The highest BCUT2D eigenvalue weighted by molar-refractivity contribution is 7.19. The van der Waals surface area contributed by atoms with Crippen LogP contribution in [0.1, 0.15) is 58.9 Å². The number of thiophene rings is 1. The first-order chi connectivity index (χ1) is 15.5. The van der Waals surface area contributed by atoms with Gasteiger partial charge in [0.25, 0.3) is 11.5 Å². The number of hydroxylamine groups is 2. The zero-order valence-electron chi connectivity index (χ0n) is 19.6. The minimum atomic E-state index is -0.792. The summed E-state index contributed by atoms with van der Waals surface area (Å²) >= 11 is 1.28. The molecule has 0 aromatic carbocycles. The summed E-state index contributed by atoms with van der Waals surface area (Å²) in [5.74, 6) is -0.605. The van der Waals surface area contributed by atoms with Crippen molar-refractivity contribution in [2.24, 2.45) is 13.0 Å². The number of amides is 1. The lowest BCUT2D eigenvalue weighted by Gasteiger charge is -2.17. The number of aliphatic hydroxyl groups excluding tert-OH is 1. The maximum absolute atomic E-state index is 13.7.